The summed E-state index contributed by atoms with van der Waals surface area (Å²) in [4.78, 5) is 0. The topological polar surface area (TPSA) is 18.5 Å². The molecule has 3 heteroatoms. The lowest BCUT2D eigenvalue weighted by Crippen LogP contribution is -2.23. The Kier molecular flexibility index (Phi) is 6.30. The Labute approximate surface area is 108 Å². The van der Waals surface area contributed by atoms with Crippen LogP contribution in [0.25, 0.3) is 0 Å². The summed E-state index contributed by atoms with van der Waals surface area (Å²) in [7, 11) is 0. The normalized spacial score (nSPS) is 28.5. The van der Waals surface area contributed by atoms with E-state index in [0.717, 1.165) is 11.8 Å². The van der Waals surface area contributed by atoms with E-state index < -0.39 is 5.79 Å². The Hall–Kier alpha value is 0.400. The molecule has 0 aliphatic carbocycles. The van der Waals surface area contributed by atoms with Crippen molar-refractivity contribution < 1.29 is 9.47 Å². The van der Waals surface area contributed by atoms with Crippen LogP contribution in [0.3, 0.4) is 0 Å². The fourth-order valence-electron chi connectivity index (χ4n) is 2.23. The van der Waals surface area contributed by atoms with Gasteiger partial charge in [-0.15, -0.1) is 0 Å². The van der Waals surface area contributed by atoms with Crippen molar-refractivity contribution >= 4 is 15.9 Å². The summed E-state index contributed by atoms with van der Waals surface area (Å²) >= 11 is 3.50. The quantitative estimate of drug-likeness (QED) is 0.516. The molecule has 0 radical (unpaired) electrons. The summed E-state index contributed by atoms with van der Waals surface area (Å²) in [6, 6.07) is 0. The molecule has 16 heavy (non-hydrogen) atoms. The maximum Gasteiger partial charge on any atom is 0.163 e. The number of alkyl halides is 1. The highest BCUT2D eigenvalue weighted by Gasteiger charge is 2.39. The molecule has 0 aromatic rings. The second kappa shape index (κ2) is 6.97. The predicted octanol–water partition coefficient (Wildman–Crippen LogP) is 4.26. The molecule has 2 atom stereocenters. The number of hydrogen-bond acceptors (Lipinski definition) is 2. The fraction of sp³-hybridized carbons (Fsp3) is 1.00. The van der Waals surface area contributed by atoms with E-state index in [0.29, 0.717) is 0 Å². The molecule has 0 amide bonds. The molecule has 0 N–H and O–H groups in total. The number of ether oxygens (including phenoxy) is 2. The number of hydrogen-bond donors (Lipinski definition) is 0. The molecule has 2 nitrogen and oxygen atoms in total. The molecule has 0 bridgehead atoms. The van der Waals surface area contributed by atoms with Crippen LogP contribution in [0.4, 0.5) is 0 Å². The number of halogens is 1. The SMILES string of the molecule is CCCCCCC[C@H]1OC(C)(C)O[C@@H]1CBr. The molecule has 1 fully saturated rings. The minimum Gasteiger partial charge on any atom is -0.345 e. The Bertz CT molecular complexity index is 194. The smallest absolute Gasteiger partial charge is 0.163 e. The minimum atomic E-state index is -0.396. The first-order valence-electron chi connectivity index (χ1n) is 6.50. The van der Waals surface area contributed by atoms with Crippen LogP contribution in [0.1, 0.15) is 59.3 Å². The lowest BCUT2D eigenvalue weighted by molar-refractivity contribution is -0.145. The highest BCUT2D eigenvalue weighted by Crippen LogP contribution is 2.31. The Morgan fingerprint density at radius 2 is 1.62 bits per heavy atom. The van der Waals surface area contributed by atoms with Crippen LogP contribution in [-0.4, -0.2) is 23.3 Å². The van der Waals surface area contributed by atoms with E-state index in [1.807, 2.05) is 13.8 Å². The highest BCUT2D eigenvalue weighted by molar-refractivity contribution is 9.09. The van der Waals surface area contributed by atoms with Crippen molar-refractivity contribution in [2.75, 3.05) is 5.33 Å². The first-order chi connectivity index (χ1) is 7.59. The van der Waals surface area contributed by atoms with E-state index in [1.54, 1.807) is 0 Å². The lowest BCUT2D eigenvalue weighted by Gasteiger charge is -2.16. The molecule has 1 saturated heterocycles. The minimum absolute atomic E-state index is 0.223. The Balaban J connectivity index is 2.20. The van der Waals surface area contributed by atoms with Crippen LogP contribution in [0, 0.1) is 0 Å². The van der Waals surface area contributed by atoms with E-state index in [2.05, 4.69) is 22.9 Å². The van der Waals surface area contributed by atoms with Gasteiger partial charge in [-0.2, -0.15) is 0 Å². The van der Waals surface area contributed by atoms with E-state index in [4.69, 9.17) is 9.47 Å². The second-order valence-corrected chi connectivity index (χ2v) is 5.72. The first-order valence-corrected chi connectivity index (χ1v) is 7.63. The zero-order chi connectivity index (χ0) is 12.0. The Morgan fingerprint density at radius 3 is 2.25 bits per heavy atom. The number of rotatable bonds is 7. The summed E-state index contributed by atoms with van der Waals surface area (Å²) in [6.07, 6.45) is 8.22. The molecule has 0 spiro atoms. The van der Waals surface area contributed by atoms with Crippen molar-refractivity contribution in [1.29, 1.82) is 0 Å². The molecule has 1 aliphatic rings. The van der Waals surface area contributed by atoms with Gasteiger partial charge in [0, 0.05) is 5.33 Å². The summed E-state index contributed by atoms with van der Waals surface area (Å²) in [5.74, 6) is -0.396. The molecular formula is C13H25BrO2. The van der Waals surface area contributed by atoms with E-state index in [9.17, 15) is 0 Å². The van der Waals surface area contributed by atoms with E-state index in [-0.39, 0.29) is 12.2 Å². The van der Waals surface area contributed by atoms with Gasteiger partial charge in [-0.1, -0.05) is 55.0 Å². The van der Waals surface area contributed by atoms with Crippen molar-refractivity contribution in [3.05, 3.63) is 0 Å². The van der Waals surface area contributed by atoms with Crippen LogP contribution in [0.15, 0.2) is 0 Å². The molecule has 0 saturated carbocycles. The second-order valence-electron chi connectivity index (χ2n) is 5.07. The summed E-state index contributed by atoms with van der Waals surface area (Å²) < 4.78 is 11.7. The van der Waals surface area contributed by atoms with Crippen molar-refractivity contribution in [1.82, 2.24) is 0 Å². The van der Waals surface area contributed by atoms with Gasteiger partial charge in [0.05, 0.1) is 12.2 Å². The largest absolute Gasteiger partial charge is 0.345 e. The average Bonchev–Trinajstić information content (AvgIpc) is 2.53. The summed E-state index contributed by atoms with van der Waals surface area (Å²) in [5, 5.41) is 0.871. The third-order valence-electron chi connectivity index (χ3n) is 3.03. The maximum absolute atomic E-state index is 5.91. The maximum atomic E-state index is 5.91. The summed E-state index contributed by atoms with van der Waals surface area (Å²) in [6.45, 7) is 6.25. The van der Waals surface area contributed by atoms with Gasteiger partial charge in [-0.25, -0.2) is 0 Å². The summed E-state index contributed by atoms with van der Waals surface area (Å²) in [5.41, 5.74) is 0. The molecule has 0 aromatic heterocycles. The van der Waals surface area contributed by atoms with Crippen LogP contribution < -0.4 is 0 Å². The monoisotopic (exact) mass is 292 g/mol. The lowest BCUT2D eigenvalue weighted by atomic mass is 10.1. The van der Waals surface area contributed by atoms with Crippen molar-refractivity contribution in [3.8, 4) is 0 Å². The van der Waals surface area contributed by atoms with Gasteiger partial charge in [-0.3, -0.25) is 0 Å². The van der Waals surface area contributed by atoms with Crippen LogP contribution in [0.5, 0.6) is 0 Å². The van der Waals surface area contributed by atoms with Gasteiger partial charge in [-0.05, 0) is 20.3 Å². The van der Waals surface area contributed by atoms with Gasteiger partial charge in [0.25, 0.3) is 0 Å². The predicted molar refractivity (Wildman–Crippen MR) is 71.0 cm³/mol. The van der Waals surface area contributed by atoms with Crippen LogP contribution in [-0.2, 0) is 9.47 Å². The zero-order valence-electron chi connectivity index (χ0n) is 10.8. The molecule has 1 aliphatic heterocycles. The fourth-order valence-corrected chi connectivity index (χ4v) is 2.78. The molecule has 1 rings (SSSR count). The first kappa shape index (κ1) is 14.5. The van der Waals surface area contributed by atoms with Gasteiger partial charge < -0.3 is 9.47 Å². The highest BCUT2D eigenvalue weighted by atomic mass is 79.9. The van der Waals surface area contributed by atoms with Crippen molar-refractivity contribution in [3.63, 3.8) is 0 Å². The molecule has 96 valence electrons. The standard InChI is InChI=1S/C13H25BrO2/c1-4-5-6-7-8-9-11-12(10-14)16-13(2,3)15-11/h11-12H,4-10H2,1-3H3/t11-,12-/m1/s1. The van der Waals surface area contributed by atoms with Gasteiger partial charge in [0.15, 0.2) is 5.79 Å². The Morgan fingerprint density at radius 1 is 1.00 bits per heavy atom. The van der Waals surface area contributed by atoms with Crippen molar-refractivity contribution in [2.45, 2.75) is 77.3 Å². The van der Waals surface area contributed by atoms with Crippen LogP contribution in [0.2, 0.25) is 0 Å². The van der Waals surface area contributed by atoms with Crippen molar-refractivity contribution in [2.24, 2.45) is 0 Å². The molecule has 0 aromatic carbocycles. The third kappa shape index (κ3) is 4.72. The third-order valence-corrected chi connectivity index (χ3v) is 3.67. The van der Waals surface area contributed by atoms with E-state index >= 15 is 0 Å². The zero-order valence-corrected chi connectivity index (χ0v) is 12.4. The van der Waals surface area contributed by atoms with Gasteiger partial charge in [0.2, 0.25) is 0 Å². The van der Waals surface area contributed by atoms with Gasteiger partial charge >= 0.3 is 0 Å². The van der Waals surface area contributed by atoms with E-state index in [1.165, 1.54) is 32.1 Å². The van der Waals surface area contributed by atoms with Gasteiger partial charge in [0.1, 0.15) is 0 Å². The molecular weight excluding hydrogens is 268 g/mol. The average molecular weight is 293 g/mol. The molecule has 0 unspecified atom stereocenters. The van der Waals surface area contributed by atoms with Crippen LogP contribution >= 0.6 is 15.9 Å². The number of unbranched alkanes of at least 4 members (excludes halogenated alkanes) is 4. The molecule has 1 heterocycles.